The van der Waals surface area contributed by atoms with Crippen molar-refractivity contribution in [3.05, 3.63) is 0 Å². The normalized spacial score (nSPS) is 10.5. The zero-order valence-electron chi connectivity index (χ0n) is 7.99. The van der Waals surface area contributed by atoms with Crippen molar-refractivity contribution in [3.63, 3.8) is 0 Å². The molecule has 1 N–H and O–H groups in total. The van der Waals surface area contributed by atoms with Crippen molar-refractivity contribution in [2.75, 3.05) is 37.7 Å². The molecule has 0 radical (unpaired) electrons. The Hall–Kier alpha value is 0.130. The van der Waals surface area contributed by atoms with Gasteiger partial charge in [-0.15, -0.1) is 0 Å². The van der Waals surface area contributed by atoms with E-state index in [9.17, 15) is 4.79 Å². The van der Waals surface area contributed by atoms with E-state index in [1.807, 2.05) is 6.92 Å². The lowest BCUT2D eigenvalue weighted by atomic mass is 10.4. The molecule has 0 spiro atoms. The van der Waals surface area contributed by atoms with E-state index in [1.54, 1.807) is 0 Å². The number of amides is 1. The molecule has 0 aromatic carbocycles. The topological polar surface area (TPSA) is 32.3 Å². The van der Waals surface area contributed by atoms with Gasteiger partial charge in [0.2, 0.25) is 5.91 Å². The van der Waals surface area contributed by atoms with Gasteiger partial charge in [0.05, 0.1) is 6.54 Å². The highest BCUT2D eigenvalue weighted by atomic mass is 32.1. The van der Waals surface area contributed by atoms with Crippen molar-refractivity contribution in [3.8, 4) is 0 Å². The Morgan fingerprint density at radius 3 is 2.54 bits per heavy atom. The van der Waals surface area contributed by atoms with Gasteiger partial charge in [-0.1, -0.05) is 6.92 Å². The van der Waals surface area contributed by atoms with Crippen molar-refractivity contribution in [2.24, 2.45) is 0 Å². The summed E-state index contributed by atoms with van der Waals surface area (Å²) in [6.45, 7) is 4.88. The summed E-state index contributed by atoms with van der Waals surface area (Å²) in [5, 5.41) is 2.77. The first-order chi connectivity index (χ1) is 6.24. The summed E-state index contributed by atoms with van der Waals surface area (Å²) in [5.74, 6) is 1.54. The molecule has 0 atom stereocenters. The number of hydrogen-bond donors (Lipinski definition) is 3. The largest absolute Gasteiger partial charge is 0.354 e. The summed E-state index contributed by atoms with van der Waals surface area (Å²) in [7, 11) is 0. The third kappa shape index (κ3) is 7.22. The van der Waals surface area contributed by atoms with Gasteiger partial charge in [0.1, 0.15) is 0 Å². The van der Waals surface area contributed by atoms with Crippen LogP contribution in [0.5, 0.6) is 0 Å². The van der Waals surface area contributed by atoms with Gasteiger partial charge < -0.3 is 5.32 Å². The molecular formula is C8H18N2OS2. The number of carbonyl (C=O) groups is 1. The molecule has 3 nitrogen and oxygen atoms in total. The molecule has 0 aliphatic carbocycles. The van der Waals surface area contributed by atoms with Crippen LogP contribution in [-0.2, 0) is 4.79 Å². The minimum atomic E-state index is 0.0673. The molecule has 0 aliphatic rings. The van der Waals surface area contributed by atoms with E-state index in [0.29, 0.717) is 18.8 Å². The monoisotopic (exact) mass is 222 g/mol. The summed E-state index contributed by atoms with van der Waals surface area (Å²) < 4.78 is 0. The molecule has 0 rings (SSSR count). The molecule has 0 bridgehead atoms. The lowest BCUT2D eigenvalue weighted by Crippen LogP contribution is -2.38. The van der Waals surface area contributed by atoms with Crippen LogP contribution >= 0.6 is 25.3 Å². The second-order valence-electron chi connectivity index (χ2n) is 2.67. The molecule has 0 saturated heterocycles. The zero-order valence-corrected chi connectivity index (χ0v) is 9.78. The van der Waals surface area contributed by atoms with Crippen LogP contribution in [0.4, 0.5) is 0 Å². The summed E-state index contributed by atoms with van der Waals surface area (Å²) >= 11 is 8.13. The standard InChI is InChI=1S/C8H18N2OS2/c1-2-10(4-6-13)7-8(11)9-3-5-12/h12-13H,2-7H2,1H3,(H,9,11). The smallest absolute Gasteiger partial charge is 0.234 e. The maximum atomic E-state index is 11.2. The quantitative estimate of drug-likeness (QED) is 0.541. The Balaban J connectivity index is 3.60. The van der Waals surface area contributed by atoms with Crippen molar-refractivity contribution in [1.82, 2.24) is 10.2 Å². The fourth-order valence-electron chi connectivity index (χ4n) is 0.945. The number of likely N-dealkylation sites (N-methyl/N-ethyl adjacent to an activating group) is 1. The summed E-state index contributed by atoms with van der Waals surface area (Å²) in [5.41, 5.74) is 0. The molecule has 0 saturated carbocycles. The molecule has 0 unspecified atom stereocenters. The molecule has 1 amide bonds. The second kappa shape index (κ2) is 8.72. The van der Waals surface area contributed by atoms with Crippen LogP contribution in [0.2, 0.25) is 0 Å². The van der Waals surface area contributed by atoms with Gasteiger partial charge in [-0.25, -0.2) is 0 Å². The average molecular weight is 222 g/mol. The Bertz CT molecular complexity index is 144. The van der Waals surface area contributed by atoms with Gasteiger partial charge in [0.25, 0.3) is 0 Å². The van der Waals surface area contributed by atoms with Crippen LogP contribution in [0.25, 0.3) is 0 Å². The molecule has 0 heterocycles. The van der Waals surface area contributed by atoms with Crippen molar-refractivity contribution in [2.45, 2.75) is 6.92 Å². The van der Waals surface area contributed by atoms with Crippen LogP contribution in [0.3, 0.4) is 0 Å². The minimum absolute atomic E-state index is 0.0673. The first-order valence-electron chi connectivity index (χ1n) is 4.45. The lowest BCUT2D eigenvalue weighted by Gasteiger charge is -2.18. The van der Waals surface area contributed by atoms with E-state index in [4.69, 9.17) is 0 Å². The predicted octanol–water partition coefficient (Wildman–Crippen LogP) is 0.284. The van der Waals surface area contributed by atoms with Crippen LogP contribution in [-0.4, -0.2) is 48.5 Å². The first kappa shape index (κ1) is 13.1. The molecular weight excluding hydrogens is 204 g/mol. The third-order valence-corrected chi connectivity index (χ3v) is 2.09. The number of nitrogens with zero attached hydrogens (tertiary/aromatic N) is 1. The first-order valence-corrected chi connectivity index (χ1v) is 5.71. The summed E-state index contributed by atoms with van der Waals surface area (Å²) in [6.07, 6.45) is 0. The molecule has 78 valence electrons. The molecule has 0 aromatic rings. The maximum Gasteiger partial charge on any atom is 0.234 e. The van der Waals surface area contributed by atoms with Crippen LogP contribution < -0.4 is 5.32 Å². The molecule has 0 aliphatic heterocycles. The van der Waals surface area contributed by atoms with E-state index < -0.39 is 0 Å². The van der Waals surface area contributed by atoms with Crippen molar-refractivity contribution >= 4 is 31.2 Å². The zero-order chi connectivity index (χ0) is 10.1. The fraction of sp³-hybridized carbons (Fsp3) is 0.875. The Morgan fingerprint density at radius 2 is 2.08 bits per heavy atom. The number of nitrogens with one attached hydrogen (secondary N) is 1. The highest BCUT2D eigenvalue weighted by molar-refractivity contribution is 7.80. The third-order valence-electron chi connectivity index (χ3n) is 1.66. The summed E-state index contributed by atoms with van der Waals surface area (Å²) in [4.78, 5) is 13.3. The molecule has 0 fully saturated rings. The number of carbonyl (C=O) groups excluding carboxylic acids is 1. The molecule has 13 heavy (non-hydrogen) atoms. The fourth-order valence-corrected chi connectivity index (χ4v) is 1.34. The van der Waals surface area contributed by atoms with E-state index >= 15 is 0 Å². The summed E-state index contributed by atoms with van der Waals surface area (Å²) in [6, 6.07) is 0. The van der Waals surface area contributed by atoms with Gasteiger partial charge in [-0.2, -0.15) is 25.3 Å². The number of rotatable bonds is 7. The van der Waals surface area contributed by atoms with Crippen molar-refractivity contribution < 1.29 is 4.79 Å². The Labute approximate surface area is 91.1 Å². The molecule has 5 heteroatoms. The van der Waals surface area contributed by atoms with E-state index in [0.717, 1.165) is 18.8 Å². The van der Waals surface area contributed by atoms with Gasteiger partial charge in [-0.05, 0) is 6.54 Å². The Morgan fingerprint density at radius 1 is 1.38 bits per heavy atom. The van der Waals surface area contributed by atoms with Crippen LogP contribution in [0.1, 0.15) is 6.92 Å². The number of thiol groups is 2. The van der Waals surface area contributed by atoms with Gasteiger partial charge in [0.15, 0.2) is 0 Å². The highest BCUT2D eigenvalue weighted by Gasteiger charge is 2.06. The van der Waals surface area contributed by atoms with Gasteiger partial charge in [-0.3, -0.25) is 9.69 Å². The van der Waals surface area contributed by atoms with Gasteiger partial charge in [0, 0.05) is 24.6 Å². The second-order valence-corrected chi connectivity index (χ2v) is 3.56. The highest BCUT2D eigenvalue weighted by Crippen LogP contribution is 1.88. The van der Waals surface area contributed by atoms with Crippen LogP contribution in [0.15, 0.2) is 0 Å². The predicted molar refractivity (Wildman–Crippen MR) is 62.8 cm³/mol. The van der Waals surface area contributed by atoms with E-state index in [1.165, 1.54) is 0 Å². The maximum absolute atomic E-state index is 11.2. The Kier molecular flexibility index (Phi) is 8.80. The lowest BCUT2D eigenvalue weighted by molar-refractivity contribution is -0.122. The van der Waals surface area contributed by atoms with E-state index in [2.05, 4.69) is 35.5 Å². The van der Waals surface area contributed by atoms with E-state index in [-0.39, 0.29) is 5.91 Å². The SMILES string of the molecule is CCN(CCS)CC(=O)NCCS. The number of hydrogen-bond acceptors (Lipinski definition) is 4. The van der Waals surface area contributed by atoms with Crippen LogP contribution in [0, 0.1) is 0 Å². The average Bonchev–Trinajstić information content (AvgIpc) is 2.14. The minimum Gasteiger partial charge on any atom is -0.354 e. The van der Waals surface area contributed by atoms with Crippen molar-refractivity contribution in [1.29, 1.82) is 0 Å². The van der Waals surface area contributed by atoms with Gasteiger partial charge >= 0.3 is 0 Å². The molecule has 0 aromatic heterocycles.